The molecule has 94 valence electrons. The van der Waals surface area contributed by atoms with Crippen molar-refractivity contribution in [2.75, 3.05) is 5.73 Å². The number of rotatable bonds is 2. The minimum atomic E-state index is -0.122. The van der Waals surface area contributed by atoms with E-state index in [9.17, 15) is 4.79 Å². The van der Waals surface area contributed by atoms with Crippen LogP contribution in [0.1, 0.15) is 32.9 Å². The van der Waals surface area contributed by atoms with Crippen LogP contribution in [0.4, 0.5) is 5.69 Å². The molecule has 0 spiro atoms. The number of aryl methyl sites for hydroxylation is 1. The van der Waals surface area contributed by atoms with Crippen LogP contribution < -0.4 is 5.73 Å². The Morgan fingerprint density at radius 1 is 1.22 bits per heavy atom. The Labute approximate surface area is 111 Å². The largest absolute Gasteiger partial charge is 0.397 e. The minimum absolute atomic E-state index is 0.122. The lowest BCUT2D eigenvalue weighted by atomic mass is 10.0. The number of H-pyrrole nitrogens is 1. The second kappa shape index (κ2) is 4.50. The fourth-order valence-electron chi connectivity index (χ4n) is 1.94. The van der Waals surface area contributed by atoms with Crippen LogP contribution in [0.3, 0.4) is 0 Å². The smallest absolute Gasteiger partial charge is 0.211 e. The van der Waals surface area contributed by atoms with E-state index in [2.05, 4.69) is 4.98 Å². The van der Waals surface area contributed by atoms with Crippen molar-refractivity contribution in [3.8, 4) is 0 Å². The van der Waals surface area contributed by atoms with Gasteiger partial charge >= 0.3 is 0 Å². The van der Waals surface area contributed by atoms with E-state index in [1.807, 2.05) is 20.8 Å². The fourth-order valence-corrected chi connectivity index (χ4v) is 2.12. The van der Waals surface area contributed by atoms with Gasteiger partial charge in [0.25, 0.3) is 0 Å². The third kappa shape index (κ3) is 1.91. The number of aromatic nitrogens is 1. The summed E-state index contributed by atoms with van der Waals surface area (Å²) in [7, 11) is 0. The normalized spacial score (nSPS) is 10.7. The lowest BCUT2D eigenvalue weighted by Crippen LogP contribution is -2.07. The maximum atomic E-state index is 12.4. The van der Waals surface area contributed by atoms with Gasteiger partial charge in [-0.15, -0.1) is 0 Å². The van der Waals surface area contributed by atoms with Crippen LogP contribution in [0.5, 0.6) is 0 Å². The van der Waals surface area contributed by atoms with Gasteiger partial charge < -0.3 is 10.7 Å². The minimum Gasteiger partial charge on any atom is -0.397 e. The van der Waals surface area contributed by atoms with Crippen molar-refractivity contribution < 1.29 is 4.79 Å². The molecule has 2 rings (SSSR count). The number of carbonyl (C=O) groups excluding carboxylic acids is 1. The molecule has 3 nitrogen and oxygen atoms in total. The Morgan fingerprint density at radius 3 is 2.44 bits per heavy atom. The number of ketones is 1. The van der Waals surface area contributed by atoms with Crippen LogP contribution in [-0.4, -0.2) is 10.8 Å². The molecule has 0 saturated heterocycles. The molecule has 2 aromatic rings. The van der Waals surface area contributed by atoms with Crippen molar-refractivity contribution in [1.82, 2.24) is 4.98 Å². The molecular formula is C14H15ClN2O. The van der Waals surface area contributed by atoms with Crippen LogP contribution in [0.25, 0.3) is 0 Å². The molecule has 0 radical (unpaired) electrons. The molecule has 18 heavy (non-hydrogen) atoms. The van der Waals surface area contributed by atoms with Crippen molar-refractivity contribution in [2.24, 2.45) is 0 Å². The molecule has 0 saturated carbocycles. The summed E-state index contributed by atoms with van der Waals surface area (Å²) >= 11 is 5.93. The summed E-state index contributed by atoms with van der Waals surface area (Å²) in [6.45, 7) is 5.85. The van der Waals surface area contributed by atoms with E-state index >= 15 is 0 Å². The van der Waals surface area contributed by atoms with Crippen LogP contribution in [0, 0.1) is 20.8 Å². The number of nitrogens with one attached hydrogen (secondary N) is 1. The van der Waals surface area contributed by atoms with Gasteiger partial charge in [0.15, 0.2) is 0 Å². The average Bonchev–Trinajstić information content (AvgIpc) is 2.60. The van der Waals surface area contributed by atoms with E-state index in [1.54, 1.807) is 18.2 Å². The number of para-hydroxylation sites is 1. The summed E-state index contributed by atoms with van der Waals surface area (Å²) in [4.78, 5) is 15.5. The number of benzene rings is 1. The van der Waals surface area contributed by atoms with Crippen LogP contribution in [-0.2, 0) is 0 Å². The number of anilines is 1. The molecule has 0 aliphatic heterocycles. The number of halogens is 1. The topological polar surface area (TPSA) is 58.9 Å². The molecule has 0 amide bonds. The zero-order chi connectivity index (χ0) is 13.4. The Hall–Kier alpha value is -1.74. The number of nitrogen functional groups attached to an aromatic ring is 1. The third-order valence-electron chi connectivity index (χ3n) is 3.34. The van der Waals surface area contributed by atoms with Gasteiger partial charge in [-0.3, -0.25) is 4.79 Å². The first-order valence-electron chi connectivity index (χ1n) is 5.68. The van der Waals surface area contributed by atoms with Gasteiger partial charge in [0.2, 0.25) is 5.78 Å². The Balaban J connectivity index is 2.55. The van der Waals surface area contributed by atoms with E-state index in [0.717, 1.165) is 16.8 Å². The van der Waals surface area contributed by atoms with Gasteiger partial charge in [0.05, 0.1) is 16.4 Å². The Kier molecular flexibility index (Phi) is 3.18. The summed E-state index contributed by atoms with van der Waals surface area (Å²) in [6.07, 6.45) is 0. The van der Waals surface area contributed by atoms with Gasteiger partial charge in [0.1, 0.15) is 0 Å². The second-order valence-electron chi connectivity index (χ2n) is 4.41. The number of hydrogen-bond donors (Lipinski definition) is 2. The Morgan fingerprint density at radius 2 is 1.89 bits per heavy atom. The molecule has 4 heteroatoms. The molecular weight excluding hydrogens is 248 g/mol. The number of aromatic amines is 1. The Bertz CT molecular complexity index is 629. The maximum absolute atomic E-state index is 12.4. The first kappa shape index (κ1) is 12.7. The fraction of sp³-hybridized carbons (Fsp3) is 0.214. The number of carbonyl (C=O) groups is 1. The number of hydrogen-bond acceptors (Lipinski definition) is 2. The summed E-state index contributed by atoms with van der Waals surface area (Å²) in [5, 5.41) is 0.401. The lowest BCUT2D eigenvalue weighted by molar-refractivity contribution is 0.103. The second-order valence-corrected chi connectivity index (χ2v) is 4.81. The van der Waals surface area contributed by atoms with Crippen molar-refractivity contribution in [3.63, 3.8) is 0 Å². The van der Waals surface area contributed by atoms with Crippen molar-refractivity contribution in [1.29, 1.82) is 0 Å². The zero-order valence-electron chi connectivity index (χ0n) is 10.6. The molecule has 1 aromatic carbocycles. The van der Waals surface area contributed by atoms with Gasteiger partial charge in [-0.1, -0.05) is 17.7 Å². The molecule has 0 unspecified atom stereocenters. The summed E-state index contributed by atoms with van der Waals surface area (Å²) < 4.78 is 0. The van der Waals surface area contributed by atoms with E-state index in [1.165, 1.54) is 0 Å². The van der Waals surface area contributed by atoms with Crippen molar-refractivity contribution in [2.45, 2.75) is 20.8 Å². The van der Waals surface area contributed by atoms with E-state index in [-0.39, 0.29) is 5.78 Å². The van der Waals surface area contributed by atoms with Crippen LogP contribution in [0.15, 0.2) is 18.2 Å². The standard InChI is InChI=1S/C14H15ClN2O/c1-7-8(2)13(17-9(7)3)14(18)10-5-4-6-11(15)12(10)16/h4-6,17H,16H2,1-3H3. The van der Waals surface area contributed by atoms with Crippen LogP contribution in [0.2, 0.25) is 5.02 Å². The van der Waals surface area contributed by atoms with E-state index in [4.69, 9.17) is 17.3 Å². The zero-order valence-corrected chi connectivity index (χ0v) is 11.4. The summed E-state index contributed by atoms with van der Waals surface area (Å²) in [5.74, 6) is -0.122. The molecule has 3 N–H and O–H groups in total. The van der Waals surface area contributed by atoms with Gasteiger partial charge in [-0.05, 0) is 44.0 Å². The highest BCUT2D eigenvalue weighted by Gasteiger charge is 2.19. The monoisotopic (exact) mass is 262 g/mol. The predicted molar refractivity (Wildman–Crippen MR) is 74.3 cm³/mol. The maximum Gasteiger partial charge on any atom is 0.211 e. The van der Waals surface area contributed by atoms with Gasteiger partial charge in [-0.2, -0.15) is 0 Å². The molecule has 1 heterocycles. The molecule has 1 aromatic heterocycles. The average molecular weight is 263 g/mol. The SMILES string of the molecule is Cc1[nH]c(C(=O)c2cccc(Cl)c2N)c(C)c1C. The summed E-state index contributed by atoms with van der Waals surface area (Å²) in [5.41, 5.74) is 10.2. The van der Waals surface area contributed by atoms with Gasteiger partial charge in [-0.25, -0.2) is 0 Å². The molecule has 0 fully saturated rings. The van der Waals surface area contributed by atoms with Crippen molar-refractivity contribution >= 4 is 23.1 Å². The molecule has 0 aliphatic rings. The van der Waals surface area contributed by atoms with Crippen LogP contribution >= 0.6 is 11.6 Å². The quantitative estimate of drug-likeness (QED) is 0.644. The van der Waals surface area contributed by atoms with Gasteiger partial charge in [0, 0.05) is 11.3 Å². The number of nitrogens with two attached hydrogens (primary N) is 1. The third-order valence-corrected chi connectivity index (χ3v) is 3.67. The first-order chi connectivity index (χ1) is 8.43. The highest BCUT2D eigenvalue weighted by Crippen LogP contribution is 2.26. The molecule has 0 aliphatic carbocycles. The highest BCUT2D eigenvalue weighted by atomic mass is 35.5. The first-order valence-corrected chi connectivity index (χ1v) is 6.05. The van der Waals surface area contributed by atoms with E-state index in [0.29, 0.717) is 22.0 Å². The highest BCUT2D eigenvalue weighted by molar-refractivity contribution is 6.34. The lowest BCUT2D eigenvalue weighted by Gasteiger charge is -2.06. The molecule has 0 atom stereocenters. The summed E-state index contributed by atoms with van der Waals surface area (Å²) in [6, 6.07) is 5.09. The van der Waals surface area contributed by atoms with Crippen molar-refractivity contribution in [3.05, 3.63) is 51.3 Å². The molecule has 0 bridgehead atoms. The van der Waals surface area contributed by atoms with E-state index < -0.39 is 0 Å². The predicted octanol–water partition coefficient (Wildman–Crippen LogP) is 3.41.